The minimum Gasteiger partial charge on any atom is -0.308 e. The second-order valence-corrected chi connectivity index (χ2v) is 8.87. The largest absolute Gasteiger partial charge is 0.308 e. The summed E-state index contributed by atoms with van der Waals surface area (Å²) in [6.45, 7) is 6.59. The molecule has 0 spiro atoms. The van der Waals surface area contributed by atoms with Crippen LogP contribution < -0.4 is 4.90 Å². The number of benzene rings is 1. The van der Waals surface area contributed by atoms with Crippen LogP contribution in [0.2, 0.25) is 0 Å². The average molecular weight is 439 g/mol. The molecule has 2 aliphatic heterocycles. The summed E-state index contributed by atoms with van der Waals surface area (Å²) in [5, 5.41) is 0. The lowest BCUT2D eigenvalue weighted by Crippen LogP contribution is -2.35. The predicted molar refractivity (Wildman–Crippen MR) is 110 cm³/mol. The van der Waals surface area contributed by atoms with E-state index in [4.69, 9.17) is 12.2 Å². The third-order valence-electron chi connectivity index (χ3n) is 4.26. The first-order chi connectivity index (χ1) is 11.9. The Balaban J connectivity index is 2.14. The monoisotopic (exact) mass is 438 g/mol. The van der Waals surface area contributed by atoms with E-state index in [0.29, 0.717) is 21.3 Å². The van der Waals surface area contributed by atoms with Gasteiger partial charge >= 0.3 is 0 Å². The normalized spacial score (nSPS) is 20.3. The molecule has 3 rings (SSSR count). The molecule has 0 aliphatic carbocycles. The van der Waals surface area contributed by atoms with Crippen molar-refractivity contribution in [2.75, 3.05) is 11.4 Å². The van der Waals surface area contributed by atoms with Gasteiger partial charge in [-0.1, -0.05) is 53.3 Å². The van der Waals surface area contributed by atoms with E-state index in [1.807, 2.05) is 32.0 Å². The number of halogens is 1. The van der Waals surface area contributed by atoms with Crippen molar-refractivity contribution < 1.29 is 9.59 Å². The van der Waals surface area contributed by atoms with Crippen LogP contribution in [0.15, 0.2) is 27.6 Å². The Morgan fingerprint density at radius 1 is 1.24 bits per heavy atom. The molecule has 2 heterocycles. The van der Waals surface area contributed by atoms with Crippen LogP contribution in [-0.4, -0.2) is 33.6 Å². The highest BCUT2D eigenvalue weighted by Crippen LogP contribution is 2.45. The summed E-state index contributed by atoms with van der Waals surface area (Å²) in [5.74, 6) is -0.276. The van der Waals surface area contributed by atoms with Gasteiger partial charge in [-0.2, -0.15) is 0 Å². The molecule has 0 N–H and O–H groups in total. The van der Waals surface area contributed by atoms with Crippen molar-refractivity contribution in [1.82, 2.24) is 4.90 Å². The highest BCUT2D eigenvalue weighted by molar-refractivity contribution is 9.10. The molecule has 2 amide bonds. The number of unbranched alkanes of at least 4 members (excludes halogenated alkanes) is 1. The summed E-state index contributed by atoms with van der Waals surface area (Å²) in [4.78, 5) is 29.8. The van der Waals surface area contributed by atoms with Crippen molar-refractivity contribution in [1.29, 1.82) is 0 Å². The number of carbonyl (C=O) groups excluding carboxylic acids is 2. The molecule has 4 nitrogen and oxygen atoms in total. The molecule has 0 saturated carbocycles. The molecular formula is C18H19BrN2O2S2. The number of fused-ring (bicyclic) bond motifs is 1. The Morgan fingerprint density at radius 2 is 1.96 bits per heavy atom. The lowest BCUT2D eigenvalue weighted by atomic mass is 10.1. The summed E-state index contributed by atoms with van der Waals surface area (Å²) < 4.78 is 1.40. The van der Waals surface area contributed by atoms with Crippen molar-refractivity contribution in [3.8, 4) is 0 Å². The fourth-order valence-electron chi connectivity index (χ4n) is 3.04. The summed E-state index contributed by atoms with van der Waals surface area (Å²) >= 11 is 10.1. The Labute approximate surface area is 165 Å². The maximum atomic E-state index is 13.1. The third-order valence-corrected chi connectivity index (χ3v) is 6.15. The second kappa shape index (κ2) is 7.21. The van der Waals surface area contributed by atoms with Crippen LogP contribution >= 0.6 is 39.9 Å². The van der Waals surface area contributed by atoms with E-state index in [2.05, 4.69) is 22.9 Å². The molecule has 1 aromatic rings. The Kier molecular flexibility index (Phi) is 5.37. The van der Waals surface area contributed by atoms with E-state index in [1.54, 1.807) is 9.80 Å². The van der Waals surface area contributed by atoms with Gasteiger partial charge in [-0.3, -0.25) is 14.5 Å². The van der Waals surface area contributed by atoms with Gasteiger partial charge in [0.1, 0.15) is 4.32 Å². The first-order valence-corrected chi connectivity index (χ1v) is 10.3. The van der Waals surface area contributed by atoms with Crippen molar-refractivity contribution in [2.45, 2.75) is 39.7 Å². The minimum atomic E-state index is -0.170. The van der Waals surface area contributed by atoms with Gasteiger partial charge < -0.3 is 4.90 Å². The SMILES string of the molecule is CCCCN1C(=O)C(=C2SC(=S)N(C(C)C)C2=O)c2cc(Br)ccc21. The second-order valence-electron chi connectivity index (χ2n) is 6.31. The van der Waals surface area contributed by atoms with Crippen molar-refractivity contribution in [3.05, 3.63) is 33.1 Å². The number of carbonyl (C=O) groups is 2. The number of thioether (sulfide) groups is 1. The van der Waals surface area contributed by atoms with Gasteiger partial charge in [-0.05, 0) is 38.5 Å². The number of rotatable bonds is 4. The van der Waals surface area contributed by atoms with Crippen LogP contribution in [0, 0.1) is 0 Å². The lowest BCUT2D eigenvalue weighted by Gasteiger charge is -2.18. The van der Waals surface area contributed by atoms with Gasteiger partial charge in [0.2, 0.25) is 0 Å². The lowest BCUT2D eigenvalue weighted by molar-refractivity contribution is -0.123. The molecule has 2 aliphatic rings. The molecule has 0 unspecified atom stereocenters. The molecule has 0 radical (unpaired) electrons. The summed E-state index contributed by atoms with van der Waals surface area (Å²) in [7, 11) is 0. The Hall–Kier alpha value is -1.18. The van der Waals surface area contributed by atoms with Crippen LogP contribution in [0.1, 0.15) is 39.2 Å². The molecule has 25 heavy (non-hydrogen) atoms. The zero-order valence-electron chi connectivity index (χ0n) is 14.3. The number of amides is 2. The van der Waals surface area contributed by atoms with E-state index in [9.17, 15) is 9.59 Å². The average Bonchev–Trinajstić information content (AvgIpc) is 2.98. The standard InChI is InChI=1S/C18H19BrN2O2S2/c1-4-5-8-20-13-7-6-11(19)9-12(13)14(16(20)22)15-17(23)21(10(2)3)18(24)25-15/h6-7,9-10H,4-5,8H2,1-3H3. The van der Waals surface area contributed by atoms with Crippen molar-refractivity contribution in [3.63, 3.8) is 0 Å². The Bertz CT molecular complexity index is 804. The fraction of sp³-hybridized carbons (Fsp3) is 0.389. The molecule has 1 aromatic carbocycles. The van der Waals surface area contributed by atoms with Crippen LogP contribution in [0.4, 0.5) is 5.69 Å². The number of hydrogen-bond acceptors (Lipinski definition) is 4. The van der Waals surface area contributed by atoms with Gasteiger partial charge in [0.05, 0.1) is 16.2 Å². The van der Waals surface area contributed by atoms with Crippen LogP contribution in [-0.2, 0) is 9.59 Å². The minimum absolute atomic E-state index is 0.0275. The third kappa shape index (κ3) is 3.17. The summed E-state index contributed by atoms with van der Waals surface area (Å²) in [5.41, 5.74) is 2.15. The van der Waals surface area contributed by atoms with E-state index < -0.39 is 0 Å². The smallest absolute Gasteiger partial charge is 0.267 e. The first kappa shape index (κ1) is 18.6. The maximum absolute atomic E-state index is 13.1. The predicted octanol–water partition coefficient (Wildman–Crippen LogP) is 4.58. The highest BCUT2D eigenvalue weighted by Gasteiger charge is 2.42. The van der Waals surface area contributed by atoms with E-state index >= 15 is 0 Å². The topological polar surface area (TPSA) is 40.6 Å². The van der Waals surface area contributed by atoms with Gasteiger partial charge in [0, 0.05) is 22.6 Å². The number of anilines is 1. The van der Waals surface area contributed by atoms with Crippen molar-refractivity contribution >= 4 is 67.3 Å². The zero-order chi connectivity index (χ0) is 18.3. The summed E-state index contributed by atoms with van der Waals surface area (Å²) in [6, 6.07) is 5.74. The molecule has 7 heteroatoms. The van der Waals surface area contributed by atoms with Crippen LogP contribution in [0.25, 0.3) is 5.57 Å². The summed E-state index contributed by atoms with van der Waals surface area (Å²) in [6.07, 6.45) is 1.92. The molecule has 132 valence electrons. The number of thiocarbonyl (C=S) groups is 1. The Morgan fingerprint density at radius 3 is 2.56 bits per heavy atom. The molecule has 0 aromatic heterocycles. The first-order valence-electron chi connectivity index (χ1n) is 8.28. The van der Waals surface area contributed by atoms with Crippen LogP contribution in [0.3, 0.4) is 0 Å². The fourth-order valence-corrected chi connectivity index (χ4v) is 4.99. The van der Waals surface area contributed by atoms with Gasteiger partial charge in [0.25, 0.3) is 11.8 Å². The number of hydrogen-bond donors (Lipinski definition) is 0. The molecule has 0 atom stereocenters. The molecular weight excluding hydrogens is 420 g/mol. The van der Waals surface area contributed by atoms with E-state index in [1.165, 1.54) is 11.8 Å². The molecule has 0 bridgehead atoms. The quantitative estimate of drug-likeness (QED) is 0.509. The van der Waals surface area contributed by atoms with Gasteiger partial charge in [-0.15, -0.1) is 0 Å². The van der Waals surface area contributed by atoms with Crippen LogP contribution in [0.5, 0.6) is 0 Å². The van der Waals surface area contributed by atoms with Gasteiger partial charge in [-0.25, -0.2) is 0 Å². The van der Waals surface area contributed by atoms with Gasteiger partial charge in [0.15, 0.2) is 0 Å². The zero-order valence-corrected chi connectivity index (χ0v) is 17.6. The molecule has 1 fully saturated rings. The number of nitrogens with zero attached hydrogens (tertiary/aromatic N) is 2. The highest BCUT2D eigenvalue weighted by atomic mass is 79.9. The van der Waals surface area contributed by atoms with E-state index in [0.717, 1.165) is 28.6 Å². The maximum Gasteiger partial charge on any atom is 0.267 e. The van der Waals surface area contributed by atoms with E-state index in [-0.39, 0.29) is 17.9 Å². The van der Waals surface area contributed by atoms with Crippen molar-refractivity contribution in [2.24, 2.45) is 0 Å². The molecule has 1 saturated heterocycles.